The molecule has 3 aromatic carbocycles. The predicted molar refractivity (Wildman–Crippen MR) is 93.3 cm³/mol. The molecule has 0 amide bonds. The van der Waals surface area contributed by atoms with Crippen molar-refractivity contribution in [2.24, 2.45) is 0 Å². The van der Waals surface area contributed by atoms with Gasteiger partial charge >= 0.3 is 6.36 Å². The molecule has 0 radical (unpaired) electrons. The Hall–Kier alpha value is -3.07. The Morgan fingerprint density at radius 1 is 1.00 bits per heavy atom. The van der Waals surface area contributed by atoms with Crippen LogP contribution >= 0.6 is 0 Å². The number of terminal acetylenes is 1. The summed E-state index contributed by atoms with van der Waals surface area (Å²) in [5.74, 6) is -0.689. The lowest BCUT2D eigenvalue weighted by molar-refractivity contribution is -0.275. The number of fused-ring (bicyclic) bond motifs is 1. The van der Waals surface area contributed by atoms with Crippen LogP contribution in [0.25, 0.3) is 21.9 Å². The minimum Gasteiger partial charge on any atom is -0.401 e. The van der Waals surface area contributed by atoms with Gasteiger partial charge in [-0.05, 0) is 41.1 Å². The summed E-state index contributed by atoms with van der Waals surface area (Å²) >= 11 is 0. The van der Waals surface area contributed by atoms with Crippen molar-refractivity contribution in [1.29, 1.82) is 0 Å². The van der Waals surface area contributed by atoms with E-state index in [2.05, 4.69) is 4.74 Å². The van der Waals surface area contributed by atoms with Crippen LogP contribution in [0.15, 0.2) is 42.5 Å². The van der Waals surface area contributed by atoms with Gasteiger partial charge in [-0.3, -0.25) is 0 Å². The standard InChI is InChI=1S/C21H13F5O/c1-3-12-5-7-17(18(22)9-12)13-6-8-16-14(10-13)11-19(23)20(15(16)4-2)27-21(24,25)26/h2,5-11H,3H2,1H3. The molecule has 0 saturated heterocycles. The number of ether oxygens (including phenoxy) is 1. The molecule has 138 valence electrons. The molecule has 0 spiro atoms. The summed E-state index contributed by atoms with van der Waals surface area (Å²) in [5, 5.41) is 0.443. The van der Waals surface area contributed by atoms with Crippen molar-refractivity contribution in [3.63, 3.8) is 0 Å². The second-order valence-electron chi connectivity index (χ2n) is 5.86. The van der Waals surface area contributed by atoms with E-state index in [1.54, 1.807) is 12.1 Å². The van der Waals surface area contributed by atoms with E-state index in [4.69, 9.17) is 6.42 Å². The summed E-state index contributed by atoms with van der Waals surface area (Å²) in [7, 11) is 0. The first-order valence-electron chi connectivity index (χ1n) is 8.01. The molecule has 3 aromatic rings. The molecular weight excluding hydrogens is 363 g/mol. The highest BCUT2D eigenvalue weighted by molar-refractivity contribution is 5.93. The number of alkyl halides is 3. The Labute approximate surface area is 152 Å². The first kappa shape index (κ1) is 18.7. The van der Waals surface area contributed by atoms with Crippen molar-refractivity contribution >= 4 is 10.8 Å². The fourth-order valence-electron chi connectivity index (χ4n) is 2.89. The number of aryl methyl sites for hydroxylation is 1. The topological polar surface area (TPSA) is 9.23 Å². The molecule has 27 heavy (non-hydrogen) atoms. The molecule has 0 heterocycles. The van der Waals surface area contributed by atoms with Crippen LogP contribution in [-0.2, 0) is 6.42 Å². The zero-order chi connectivity index (χ0) is 19.8. The summed E-state index contributed by atoms with van der Waals surface area (Å²) in [6.07, 6.45) is 0.881. The summed E-state index contributed by atoms with van der Waals surface area (Å²) in [6.45, 7) is 1.90. The second kappa shape index (κ2) is 6.92. The molecule has 1 nitrogen and oxygen atoms in total. The average Bonchev–Trinajstić information content (AvgIpc) is 2.60. The van der Waals surface area contributed by atoms with Crippen molar-refractivity contribution in [2.45, 2.75) is 19.7 Å². The maximum Gasteiger partial charge on any atom is 0.573 e. The van der Waals surface area contributed by atoms with E-state index in [1.807, 2.05) is 12.8 Å². The van der Waals surface area contributed by atoms with E-state index >= 15 is 0 Å². The van der Waals surface area contributed by atoms with Crippen molar-refractivity contribution in [2.75, 3.05) is 0 Å². The Balaban J connectivity index is 2.17. The summed E-state index contributed by atoms with van der Waals surface area (Å²) in [4.78, 5) is 0. The Bertz CT molecular complexity index is 1060. The minimum atomic E-state index is -5.08. The van der Waals surface area contributed by atoms with Crippen LogP contribution in [0.5, 0.6) is 5.75 Å². The van der Waals surface area contributed by atoms with Crippen molar-refractivity contribution in [3.05, 3.63) is 65.2 Å². The highest BCUT2D eigenvalue weighted by Crippen LogP contribution is 2.36. The highest BCUT2D eigenvalue weighted by Gasteiger charge is 2.34. The number of benzene rings is 3. The fraction of sp³-hybridized carbons (Fsp3) is 0.143. The smallest absolute Gasteiger partial charge is 0.401 e. The molecule has 0 saturated carbocycles. The maximum atomic E-state index is 14.3. The van der Waals surface area contributed by atoms with E-state index in [0.29, 0.717) is 17.5 Å². The molecule has 0 unspecified atom stereocenters. The third-order valence-corrected chi connectivity index (χ3v) is 4.16. The molecule has 0 aromatic heterocycles. The molecule has 0 aliphatic carbocycles. The molecule has 0 aliphatic heterocycles. The zero-order valence-electron chi connectivity index (χ0n) is 14.1. The zero-order valence-corrected chi connectivity index (χ0v) is 14.1. The first-order valence-corrected chi connectivity index (χ1v) is 8.01. The summed E-state index contributed by atoms with van der Waals surface area (Å²) < 4.78 is 69.9. The van der Waals surface area contributed by atoms with Crippen LogP contribution in [-0.4, -0.2) is 6.36 Å². The summed E-state index contributed by atoms with van der Waals surface area (Å²) in [6, 6.07) is 10.1. The lowest BCUT2D eigenvalue weighted by atomic mass is 9.96. The van der Waals surface area contributed by atoms with E-state index in [9.17, 15) is 22.0 Å². The molecular formula is C21H13F5O. The van der Waals surface area contributed by atoms with Crippen LogP contribution in [0.3, 0.4) is 0 Å². The largest absolute Gasteiger partial charge is 0.573 e. The van der Waals surface area contributed by atoms with E-state index in [1.165, 1.54) is 24.3 Å². The van der Waals surface area contributed by atoms with Gasteiger partial charge in [-0.1, -0.05) is 37.1 Å². The van der Waals surface area contributed by atoms with Crippen LogP contribution in [0, 0.1) is 24.0 Å². The lowest BCUT2D eigenvalue weighted by Gasteiger charge is -2.14. The van der Waals surface area contributed by atoms with Crippen LogP contribution < -0.4 is 4.74 Å². The number of hydrogen-bond acceptors (Lipinski definition) is 1. The van der Waals surface area contributed by atoms with Gasteiger partial charge in [0.1, 0.15) is 5.82 Å². The Morgan fingerprint density at radius 3 is 2.33 bits per heavy atom. The third-order valence-electron chi connectivity index (χ3n) is 4.16. The fourth-order valence-corrected chi connectivity index (χ4v) is 2.89. The lowest BCUT2D eigenvalue weighted by Crippen LogP contribution is -2.19. The van der Waals surface area contributed by atoms with Crippen molar-refractivity contribution in [1.82, 2.24) is 0 Å². The van der Waals surface area contributed by atoms with Crippen LogP contribution in [0.1, 0.15) is 18.1 Å². The minimum absolute atomic E-state index is 0.201. The highest BCUT2D eigenvalue weighted by atomic mass is 19.4. The molecule has 0 aliphatic rings. The van der Waals surface area contributed by atoms with Gasteiger partial charge < -0.3 is 4.74 Å². The van der Waals surface area contributed by atoms with E-state index in [0.717, 1.165) is 11.6 Å². The van der Waals surface area contributed by atoms with Gasteiger partial charge in [0.05, 0.1) is 5.56 Å². The first-order chi connectivity index (χ1) is 12.7. The van der Waals surface area contributed by atoms with Gasteiger partial charge in [0.25, 0.3) is 0 Å². The van der Waals surface area contributed by atoms with Crippen molar-refractivity contribution < 1.29 is 26.7 Å². The monoisotopic (exact) mass is 376 g/mol. The average molecular weight is 376 g/mol. The molecule has 0 bridgehead atoms. The molecule has 3 rings (SSSR count). The number of halogens is 5. The van der Waals surface area contributed by atoms with Gasteiger partial charge in [0.2, 0.25) is 0 Å². The van der Waals surface area contributed by atoms with Gasteiger partial charge in [-0.2, -0.15) is 0 Å². The molecule has 6 heteroatoms. The Morgan fingerprint density at radius 2 is 1.74 bits per heavy atom. The van der Waals surface area contributed by atoms with E-state index in [-0.39, 0.29) is 16.3 Å². The molecule has 0 N–H and O–H groups in total. The molecule has 0 fully saturated rings. The van der Waals surface area contributed by atoms with Gasteiger partial charge in [0.15, 0.2) is 11.6 Å². The molecule has 0 atom stereocenters. The van der Waals surface area contributed by atoms with E-state index < -0.39 is 23.7 Å². The van der Waals surface area contributed by atoms with Gasteiger partial charge in [0, 0.05) is 10.9 Å². The van der Waals surface area contributed by atoms with Gasteiger partial charge in [-0.25, -0.2) is 8.78 Å². The number of rotatable bonds is 3. The quantitative estimate of drug-likeness (QED) is 0.389. The normalized spacial score (nSPS) is 11.4. The summed E-state index contributed by atoms with van der Waals surface area (Å²) in [5.41, 5.74) is 1.23. The predicted octanol–water partition coefficient (Wildman–Crippen LogP) is 6.23. The van der Waals surface area contributed by atoms with Crippen LogP contribution in [0.2, 0.25) is 0 Å². The maximum absolute atomic E-state index is 14.3. The second-order valence-corrected chi connectivity index (χ2v) is 5.86. The van der Waals surface area contributed by atoms with Crippen LogP contribution in [0.4, 0.5) is 22.0 Å². The number of hydrogen-bond donors (Lipinski definition) is 0. The third kappa shape index (κ3) is 3.72. The van der Waals surface area contributed by atoms with Gasteiger partial charge in [-0.15, -0.1) is 19.6 Å². The Kier molecular flexibility index (Phi) is 4.79. The SMILES string of the molecule is C#Cc1c(OC(F)(F)F)c(F)cc2cc(-c3ccc(CC)cc3F)ccc12. The van der Waals surface area contributed by atoms with Crippen molar-refractivity contribution in [3.8, 4) is 29.2 Å².